The highest BCUT2D eigenvalue weighted by atomic mass is 16.5. The van der Waals surface area contributed by atoms with E-state index in [4.69, 9.17) is 14.9 Å². The van der Waals surface area contributed by atoms with E-state index in [9.17, 15) is 9.59 Å². The summed E-state index contributed by atoms with van der Waals surface area (Å²) in [6.07, 6.45) is -0.0896. The maximum atomic E-state index is 11.8. The summed E-state index contributed by atoms with van der Waals surface area (Å²) in [4.78, 5) is 22.3. The maximum absolute atomic E-state index is 11.8. The molecule has 0 saturated carbocycles. The predicted octanol–water partition coefficient (Wildman–Crippen LogP) is 0.427. The van der Waals surface area contributed by atoms with Crippen molar-refractivity contribution < 1.29 is 24.5 Å². The van der Waals surface area contributed by atoms with Crippen LogP contribution in [0.2, 0.25) is 0 Å². The molecule has 1 rings (SSSR count). The summed E-state index contributed by atoms with van der Waals surface area (Å²) in [5.74, 6) is -1.54. The van der Waals surface area contributed by atoms with Crippen LogP contribution in [-0.4, -0.2) is 41.3 Å². The standard InChI is InChI=1S/C13H15NO5/c1-2-7-19-11-6-4-3-5-9(11)12(16)14-8-10(15)13(17)18/h2-6,10,15H,1,7-8H2,(H,14,16)(H,17,18)/t10-/m0/s1. The topological polar surface area (TPSA) is 95.9 Å². The van der Waals surface area contributed by atoms with Gasteiger partial charge in [0.2, 0.25) is 0 Å². The minimum Gasteiger partial charge on any atom is -0.489 e. The second-order valence-corrected chi connectivity index (χ2v) is 3.66. The highest BCUT2D eigenvalue weighted by molar-refractivity contribution is 5.97. The monoisotopic (exact) mass is 265 g/mol. The molecule has 0 aromatic heterocycles. The molecule has 1 atom stereocenters. The maximum Gasteiger partial charge on any atom is 0.334 e. The molecule has 0 aliphatic carbocycles. The fraction of sp³-hybridized carbons (Fsp3) is 0.231. The van der Waals surface area contributed by atoms with Crippen LogP contribution in [0.5, 0.6) is 5.75 Å². The van der Waals surface area contributed by atoms with E-state index in [2.05, 4.69) is 11.9 Å². The van der Waals surface area contributed by atoms with E-state index >= 15 is 0 Å². The van der Waals surface area contributed by atoms with Crippen molar-refractivity contribution in [2.24, 2.45) is 0 Å². The predicted molar refractivity (Wildman–Crippen MR) is 68.1 cm³/mol. The zero-order valence-electron chi connectivity index (χ0n) is 10.2. The number of aliphatic hydroxyl groups excluding tert-OH is 1. The molecule has 0 radical (unpaired) electrons. The minimum atomic E-state index is -1.63. The highest BCUT2D eigenvalue weighted by Gasteiger charge is 2.16. The molecule has 19 heavy (non-hydrogen) atoms. The number of carbonyl (C=O) groups excluding carboxylic acids is 1. The van der Waals surface area contributed by atoms with Gasteiger partial charge in [-0.1, -0.05) is 24.8 Å². The van der Waals surface area contributed by atoms with Gasteiger partial charge in [0.25, 0.3) is 5.91 Å². The molecule has 0 unspecified atom stereocenters. The molecule has 3 N–H and O–H groups in total. The third-order valence-electron chi connectivity index (χ3n) is 2.23. The zero-order chi connectivity index (χ0) is 14.3. The van der Waals surface area contributed by atoms with Gasteiger partial charge in [-0.05, 0) is 12.1 Å². The molecule has 102 valence electrons. The minimum absolute atomic E-state index is 0.252. The van der Waals surface area contributed by atoms with Crippen LogP contribution in [0.1, 0.15) is 10.4 Å². The number of aliphatic carboxylic acids is 1. The molecule has 0 bridgehead atoms. The Hall–Kier alpha value is -2.34. The number of carboxylic acids is 1. The van der Waals surface area contributed by atoms with Gasteiger partial charge in [0.05, 0.1) is 12.1 Å². The van der Waals surface area contributed by atoms with Crippen molar-refractivity contribution in [1.82, 2.24) is 5.32 Å². The normalized spacial score (nSPS) is 11.4. The molecule has 0 heterocycles. The summed E-state index contributed by atoms with van der Waals surface area (Å²) in [7, 11) is 0. The molecule has 0 saturated heterocycles. The van der Waals surface area contributed by atoms with E-state index in [0.717, 1.165) is 0 Å². The average Bonchev–Trinajstić information content (AvgIpc) is 2.42. The van der Waals surface area contributed by atoms with Gasteiger partial charge in [0.15, 0.2) is 6.10 Å². The molecule has 1 aromatic rings. The number of ether oxygens (including phenoxy) is 1. The van der Waals surface area contributed by atoms with Gasteiger partial charge < -0.3 is 20.3 Å². The van der Waals surface area contributed by atoms with Crippen LogP contribution >= 0.6 is 0 Å². The number of aliphatic hydroxyl groups is 1. The lowest BCUT2D eigenvalue weighted by Crippen LogP contribution is -2.36. The zero-order valence-corrected chi connectivity index (χ0v) is 10.2. The van der Waals surface area contributed by atoms with Crippen LogP contribution < -0.4 is 10.1 Å². The fourth-order valence-electron chi connectivity index (χ4n) is 1.30. The van der Waals surface area contributed by atoms with Crippen LogP contribution in [0.15, 0.2) is 36.9 Å². The number of carboxylic acid groups (broad SMARTS) is 1. The Morgan fingerprint density at radius 1 is 1.42 bits per heavy atom. The molecule has 0 fully saturated rings. The van der Waals surface area contributed by atoms with E-state index in [-0.39, 0.29) is 18.7 Å². The summed E-state index contributed by atoms with van der Waals surface area (Å²) in [6, 6.07) is 6.53. The Morgan fingerprint density at radius 2 is 2.11 bits per heavy atom. The van der Waals surface area contributed by atoms with Crippen LogP contribution in [0.3, 0.4) is 0 Å². The summed E-state index contributed by atoms with van der Waals surface area (Å²) in [5, 5.41) is 19.9. The van der Waals surface area contributed by atoms with Gasteiger partial charge in [0.1, 0.15) is 12.4 Å². The van der Waals surface area contributed by atoms with Crippen molar-refractivity contribution in [1.29, 1.82) is 0 Å². The first-order valence-electron chi connectivity index (χ1n) is 5.58. The summed E-state index contributed by atoms with van der Waals surface area (Å²) < 4.78 is 5.30. The summed E-state index contributed by atoms with van der Waals surface area (Å²) >= 11 is 0. The van der Waals surface area contributed by atoms with Crippen molar-refractivity contribution in [2.75, 3.05) is 13.2 Å². The fourth-order valence-corrected chi connectivity index (χ4v) is 1.30. The van der Waals surface area contributed by atoms with Crippen LogP contribution in [0, 0.1) is 0 Å². The van der Waals surface area contributed by atoms with Gasteiger partial charge >= 0.3 is 5.97 Å². The average molecular weight is 265 g/mol. The van der Waals surface area contributed by atoms with E-state index < -0.39 is 18.0 Å². The lowest BCUT2D eigenvalue weighted by molar-refractivity contribution is -0.146. The third kappa shape index (κ3) is 4.44. The first kappa shape index (κ1) is 14.7. The Labute approximate surface area is 110 Å². The van der Waals surface area contributed by atoms with Gasteiger partial charge in [-0.25, -0.2) is 4.79 Å². The lowest BCUT2D eigenvalue weighted by atomic mass is 10.2. The Balaban J connectivity index is 2.70. The van der Waals surface area contributed by atoms with Crippen molar-refractivity contribution in [3.05, 3.63) is 42.5 Å². The molecule has 1 aromatic carbocycles. The van der Waals surface area contributed by atoms with E-state index in [1.54, 1.807) is 30.3 Å². The quantitative estimate of drug-likeness (QED) is 0.621. The van der Waals surface area contributed by atoms with Crippen molar-refractivity contribution >= 4 is 11.9 Å². The van der Waals surface area contributed by atoms with E-state index in [1.165, 1.54) is 0 Å². The van der Waals surface area contributed by atoms with Crippen LogP contribution in [0.4, 0.5) is 0 Å². The van der Waals surface area contributed by atoms with Gasteiger partial charge in [-0.2, -0.15) is 0 Å². The smallest absolute Gasteiger partial charge is 0.334 e. The second-order valence-electron chi connectivity index (χ2n) is 3.66. The number of carbonyl (C=O) groups is 2. The van der Waals surface area contributed by atoms with E-state index in [1.807, 2.05) is 0 Å². The van der Waals surface area contributed by atoms with Crippen molar-refractivity contribution in [3.8, 4) is 5.75 Å². The SMILES string of the molecule is C=CCOc1ccccc1C(=O)NC[C@H](O)C(=O)O. The second kappa shape index (κ2) is 7.17. The molecule has 0 aliphatic rings. The van der Waals surface area contributed by atoms with Crippen LogP contribution in [-0.2, 0) is 4.79 Å². The Kier molecular flexibility index (Phi) is 5.56. The molecule has 0 spiro atoms. The molecule has 0 aliphatic heterocycles. The first-order chi connectivity index (χ1) is 9.06. The molecule has 6 heteroatoms. The van der Waals surface area contributed by atoms with Crippen LogP contribution in [0.25, 0.3) is 0 Å². The van der Waals surface area contributed by atoms with Gasteiger partial charge in [-0.3, -0.25) is 4.79 Å². The molecule has 6 nitrogen and oxygen atoms in total. The van der Waals surface area contributed by atoms with Gasteiger partial charge in [0, 0.05) is 0 Å². The lowest BCUT2D eigenvalue weighted by Gasteiger charge is -2.11. The number of para-hydroxylation sites is 1. The third-order valence-corrected chi connectivity index (χ3v) is 2.23. The largest absolute Gasteiger partial charge is 0.489 e. The Morgan fingerprint density at radius 3 is 2.74 bits per heavy atom. The number of benzene rings is 1. The number of amides is 1. The highest BCUT2D eigenvalue weighted by Crippen LogP contribution is 2.17. The van der Waals surface area contributed by atoms with E-state index in [0.29, 0.717) is 5.75 Å². The Bertz CT molecular complexity index is 472. The number of nitrogens with one attached hydrogen (secondary N) is 1. The summed E-state index contributed by atoms with van der Waals surface area (Å²) in [6.45, 7) is 3.39. The molecule has 1 amide bonds. The number of hydrogen-bond acceptors (Lipinski definition) is 4. The summed E-state index contributed by atoms with van der Waals surface area (Å²) in [5.41, 5.74) is 0.266. The number of rotatable bonds is 7. The van der Waals surface area contributed by atoms with Gasteiger partial charge in [-0.15, -0.1) is 0 Å². The van der Waals surface area contributed by atoms with Crippen molar-refractivity contribution in [2.45, 2.75) is 6.10 Å². The molecular weight excluding hydrogens is 250 g/mol. The molecular formula is C13H15NO5. The number of hydrogen-bond donors (Lipinski definition) is 3. The first-order valence-corrected chi connectivity index (χ1v) is 5.58. The van der Waals surface area contributed by atoms with Crippen molar-refractivity contribution in [3.63, 3.8) is 0 Å².